The van der Waals surface area contributed by atoms with E-state index in [0.29, 0.717) is 19.7 Å². The summed E-state index contributed by atoms with van der Waals surface area (Å²) in [4.78, 5) is 16.3. The van der Waals surface area contributed by atoms with Crippen LogP contribution in [0.25, 0.3) is 0 Å². The number of hydrogen-bond acceptors (Lipinski definition) is 4. The molecule has 1 aliphatic heterocycles. The number of likely N-dealkylation sites (N-methyl/N-ethyl adjacent to an activating group) is 1. The number of carbonyl (C=O) groups is 1. The number of para-hydroxylation sites is 1. The lowest BCUT2D eigenvalue weighted by Gasteiger charge is -2.40. The third-order valence-electron chi connectivity index (χ3n) is 4.02. The van der Waals surface area contributed by atoms with Crippen molar-refractivity contribution in [3.8, 4) is 5.75 Å². The van der Waals surface area contributed by atoms with E-state index in [0.717, 1.165) is 24.4 Å². The molecule has 0 aromatic heterocycles. The van der Waals surface area contributed by atoms with Gasteiger partial charge >= 0.3 is 6.03 Å². The number of amides is 2. The molecular formula is C16H25N3O3. The molecule has 0 saturated carbocycles. The predicted molar refractivity (Wildman–Crippen MR) is 85.2 cm³/mol. The number of piperazine rings is 1. The number of urea groups is 1. The van der Waals surface area contributed by atoms with Gasteiger partial charge in [0.25, 0.3) is 0 Å². The molecule has 1 fully saturated rings. The average Bonchev–Trinajstić information content (AvgIpc) is 2.55. The van der Waals surface area contributed by atoms with Crippen molar-refractivity contribution >= 4 is 6.03 Å². The molecule has 0 spiro atoms. The summed E-state index contributed by atoms with van der Waals surface area (Å²) in [5, 5.41) is 2.88. The molecule has 1 atom stereocenters. The Bertz CT molecular complexity index is 495. The highest BCUT2D eigenvalue weighted by Gasteiger charge is 2.29. The van der Waals surface area contributed by atoms with Crippen molar-refractivity contribution in [2.75, 3.05) is 54.1 Å². The van der Waals surface area contributed by atoms with Crippen LogP contribution in [0.2, 0.25) is 0 Å². The quantitative estimate of drug-likeness (QED) is 0.834. The zero-order valence-corrected chi connectivity index (χ0v) is 13.5. The molecule has 1 N–H and O–H groups in total. The van der Waals surface area contributed by atoms with Crippen molar-refractivity contribution < 1.29 is 14.3 Å². The maximum Gasteiger partial charge on any atom is 0.317 e. The first kappa shape index (κ1) is 16.6. The van der Waals surface area contributed by atoms with Crippen molar-refractivity contribution in [3.63, 3.8) is 0 Å². The van der Waals surface area contributed by atoms with E-state index < -0.39 is 0 Å². The van der Waals surface area contributed by atoms with Crippen LogP contribution in [0.1, 0.15) is 11.6 Å². The van der Waals surface area contributed by atoms with E-state index in [4.69, 9.17) is 9.47 Å². The van der Waals surface area contributed by atoms with Gasteiger partial charge in [0.2, 0.25) is 0 Å². The van der Waals surface area contributed by atoms with Gasteiger partial charge in [-0.15, -0.1) is 0 Å². The number of hydrogen-bond donors (Lipinski definition) is 1. The summed E-state index contributed by atoms with van der Waals surface area (Å²) in [7, 11) is 5.38. The third-order valence-corrected chi connectivity index (χ3v) is 4.02. The predicted octanol–water partition coefficient (Wildman–Crippen LogP) is 1.34. The molecule has 6 heteroatoms. The normalized spacial score (nSPS) is 19.0. The first-order valence-corrected chi connectivity index (χ1v) is 7.52. The highest BCUT2D eigenvalue weighted by Crippen LogP contribution is 2.31. The minimum absolute atomic E-state index is 0.0370. The molecule has 1 aromatic rings. The maximum atomic E-state index is 12.2. The van der Waals surface area contributed by atoms with Crippen LogP contribution in [0.4, 0.5) is 4.79 Å². The maximum absolute atomic E-state index is 12.2. The minimum Gasteiger partial charge on any atom is -0.496 e. The van der Waals surface area contributed by atoms with E-state index in [2.05, 4.69) is 23.3 Å². The molecule has 1 aromatic carbocycles. The van der Waals surface area contributed by atoms with Crippen LogP contribution >= 0.6 is 0 Å². The second-order valence-electron chi connectivity index (χ2n) is 5.41. The molecular weight excluding hydrogens is 282 g/mol. The summed E-state index contributed by atoms with van der Waals surface area (Å²) in [6.45, 7) is 3.26. The number of ether oxygens (including phenoxy) is 2. The monoisotopic (exact) mass is 307 g/mol. The van der Waals surface area contributed by atoms with Gasteiger partial charge in [-0.05, 0) is 13.1 Å². The van der Waals surface area contributed by atoms with Crippen LogP contribution in [-0.2, 0) is 4.74 Å². The highest BCUT2D eigenvalue weighted by molar-refractivity contribution is 5.74. The molecule has 0 bridgehead atoms. The molecule has 122 valence electrons. The molecule has 22 heavy (non-hydrogen) atoms. The summed E-state index contributed by atoms with van der Waals surface area (Å²) >= 11 is 0. The summed E-state index contributed by atoms with van der Waals surface area (Å²) in [5.41, 5.74) is 1.11. The van der Waals surface area contributed by atoms with Gasteiger partial charge in [0.15, 0.2) is 0 Å². The van der Waals surface area contributed by atoms with Crippen molar-refractivity contribution in [3.05, 3.63) is 29.8 Å². The van der Waals surface area contributed by atoms with Crippen LogP contribution < -0.4 is 10.1 Å². The fourth-order valence-corrected chi connectivity index (χ4v) is 2.71. The van der Waals surface area contributed by atoms with Gasteiger partial charge in [-0.2, -0.15) is 0 Å². The van der Waals surface area contributed by atoms with Crippen molar-refractivity contribution in [2.45, 2.75) is 6.04 Å². The minimum atomic E-state index is -0.0370. The van der Waals surface area contributed by atoms with E-state index >= 15 is 0 Å². The van der Waals surface area contributed by atoms with Gasteiger partial charge in [-0.3, -0.25) is 4.90 Å². The molecule has 6 nitrogen and oxygen atoms in total. The third kappa shape index (κ3) is 3.90. The van der Waals surface area contributed by atoms with Gasteiger partial charge < -0.3 is 19.7 Å². The molecule has 0 aliphatic carbocycles. The zero-order chi connectivity index (χ0) is 15.9. The number of nitrogens with one attached hydrogen (secondary N) is 1. The Labute approximate surface area is 132 Å². The second kappa shape index (κ2) is 8.00. The van der Waals surface area contributed by atoms with E-state index in [1.165, 1.54) is 0 Å². The van der Waals surface area contributed by atoms with Gasteiger partial charge in [-0.1, -0.05) is 18.2 Å². The van der Waals surface area contributed by atoms with E-state index in [9.17, 15) is 4.79 Å². The van der Waals surface area contributed by atoms with Crippen LogP contribution in [0, 0.1) is 0 Å². The number of methoxy groups -OCH3 is 2. The Morgan fingerprint density at radius 1 is 1.32 bits per heavy atom. The van der Waals surface area contributed by atoms with Crippen LogP contribution in [-0.4, -0.2) is 69.9 Å². The fraction of sp³-hybridized carbons (Fsp3) is 0.562. The number of rotatable bonds is 5. The molecule has 2 rings (SSSR count). The standard InChI is InChI=1S/C16H25N3O3/c1-18-9-10-19(16(20)17-8-11-21-2)12-14(18)13-6-4-5-7-15(13)22-3/h4-7,14H,8-12H2,1-3H3,(H,17,20). The Morgan fingerprint density at radius 2 is 2.09 bits per heavy atom. The summed E-state index contributed by atoms with van der Waals surface area (Å²) in [5.74, 6) is 0.862. The zero-order valence-electron chi connectivity index (χ0n) is 13.5. The average molecular weight is 307 g/mol. The molecule has 1 aliphatic rings. The summed E-state index contributed by atoms with van der Waals surface area (Å²) in [6, 6.07) is 8.08. The largest absolute Gasteiger partial charge is 0.496 e. The van der Waals surface area contributed by atoms with E-state index in [1.807, 2.05) is 23.1 Å². The molecule has 1 saturated heterocycles. The first-order chi connectivity index (χ1) is 10.7. The van der Waals surface area contributed by atoms with Crippen molar-refractivity contribution in [2.24, 2.45) is 0 Å². The van der Waals surface area contributed by atoms with E-state index in [-0.39, 0.29) is 12.1 Å². The van der Waals surface area contributed by atoms with Gasteiger partial charge in [0, 0.05) is 38.9 Å². The van der Waals surface area contributed by atoms with Crippen molar-refractivity contribution in [1.29, 1.82) is 0 Å². The number of nitrogens with zero attached hydrogens (tertiary/aromatic N) is 2. The Kier molecular flexibility index (Phi) is 6.03. The number of benzene rings is 1. The highest BCUT2D eigenvalue weighted by atomic mass is 16.5. The molecule has 0 radical (unpaired) electrons. The Morgan fingerprint density at radius 3 is 2.82 bits per heavy atom. The lowest BCUT2D eigenvalue weighted by Crippen LogP contribution is -2.52. The lowest BCUT2D eigenvalue weighted by atomic mass is 10.0. The first-order valence-electron chi connectivity index (χ1n) is 7.52. The molecule has 1 heterocycles. The van der Waals surface area contributed by atoms with Gasteiger partial charge in [-0.25, -0.2) is 4.79 Å². The van der Waals surface area contributed by atoms with Gasteiger partial charge in [0.05, 0.1) is 19.8 Å². The summed E-state index contributed by atoms with van der Waals surface area (Å²) in [6.07, 6.45) is 0. The SMILES string of the molecule is COCCNC(=O)N1CCN(C)C(c2ccccc2OC)C1. The van der Waals surface area contributed by atoms with Crippen molar-refractivity contribution in [1.82, 2.24) is 15.1 Å². The number of carbonyl (C=O) groups excluding carboxylic acids is 1. The summed E-state index contributed by atoms with van der Waals surface area (Å²) < 4.78 is 10.4. The smallest absolute Gasteiger partial charge is 0.317 e. The lowest BCUT2D eigenvalue weighted by molar-refractivity contribution is 0.107. The topological polar surface area (TPSA) is 54.0 Å². The van der Waals surface area contributed by atoms with E-state index in [1.54, 1.807) is 14.2 Å². The molecule has 2 amide bonds. The Balaban J connectivity index is 2.06. The second-order valence-corrected chi connectivity index (χ2v) is 5.41. The molecule has 1 unspecified atom stereocenters. The van der Waals surface area contributed by atoms with Crippen LogP contribution in [0.3, 0.4) is 0 Å². The van der Waals surface area contributed by atoms with Crippen LogP contribution in [0.15, 0.2) is 24.3 Å². The Hall–Kier alpha value is -1.79. The van der Waals surface area contributed by atoms with Gasteiger partial charge in [0.1, 0.15) is 5.75 Å². The van der Waals surface area contributed by atoms with Crippen LogP contribution in [0.5, 0.6) is 5.75 Å². The fourth-order valence-electron chi connectivity index (χ4n) is 2.71.